The summed E-state index contributed by atoms with van der Waals surface area (Å²) < 4.78 is 16.2. The SMILES string of the molecule is CC(=O)c1nn(CC(=O)N2C[C@H](F)C[C@@H]2C(=O)Nc2nc(Br)ccc2C(=O)O)c2ccc(-c3cnc(C)nc3)cc12. The lowest BCUT2D eigenvalue weighted by Gasteiger charge is -2.24. The maximum atomic E-state index is 14.5. The summed E-state index contributed by atoms with van der Waals surface area (Å²) in [4.78, 5) is 64.0. The number of anilines is 1. The Hall–Kier alpha value is -4.59. The number of nitrogens with one attached hydrogen (secondary N) is 1. The van der Waals surface area contributed by atoms with Crippen LogP contribution in [-0.2, 0) is 16.1 Å². The molecule has 210 valence electrons. The summed E-state index contributed by atoms with van der Waals surface area (Å²) in [5, 5.41) is 16.7. The fourth-order valence-corrected chi connectivity index (χ4v) is 5.02. The molecule has 0 bridgehead atoms. The summed E-state index contributed by atoms with van der Waals surface area (Å²) in [5.74, 6) is -2.60. The first kappa shape index (κ1) is 28.0. The van der Waals surface area contributed by atoms with E-state index in [0.29, 0.717) is 16.7 Å². The van der Waals surface area contributed by atoms with Crippen LogP contribution < -0.4 is 5.32 Å². The molecule has 41 heavy (non-hydrogen) atoms. The van der Waals surface area contributed by atoms with Crippen LogP contribution in [0.4, 0.5) is 10.2 Å². The quantitative estimate of drug-likeness (QED) is 0.232. The number of carbonyl (C=O) groups excluding carboxylic acids is 3. The van der Waals surface area contributed by atoms with Crippen LogP contribution in [0.15, 0.2) is 47.3 Å². The zero-order chi connectivity index (χ0) is 29.4. The first-order valence-corrected chi connectivity index (χ1v) is 13.3. The maximum absolute atomic E-state index is 14.5. The molecule has 3 aromatic heterocycles. The summed E-state index contributed by atoms with van der Waals surface area (Å²) in [5.41, 5.74) is 1.89. The molecular formula is C27H23BrFN7O5. The van der Waals surface area contributed by atoms with Crippen molar-refractivity contribution in [2.24, 2.45) is 0 Å². The normalized spacial score (nSPS) is 16.6. The highest BCUT2D eigenvalue weighted by Crippen LogP contribution is 2.28. The minimum absolute atomic E-state index is 0.156. The van der Waals surface area contributed by atoms with E-state index in [1.807, 2.05) is 0 Å². The van der Waals surface area contributed by atoms with Gasteiger partial charge in [0.25, 0.3) is 0 Å². The number of nitrogens with zero attached hydrogens (tertiary/aromatic N) is 6. The summed E-state index contributed by atoms with van der Waals surface area (Å²) in [6.07, 6.45) is 1.60. The second-order valence-electron chi connectivity index (χ2n) is 9.53. The van der Waals surface area contributed by atoms with E-state index in [1.165, 1.54) is 23.7 Å². The number of Topliss-reactive ketones (excluding diaryl/α,β-unsaturated/α-hetero) is 1. The van der Waals surface area contributed by atoms with Crippen molar-refractivity contribution >= 4 is 56.2 Å². The molecule has 1 aromatic carbocycles. The molecular weight excluding hydrogens is 601 g/mol. The summed E-state index contributed by atoms with van der Waals surface area (Å²) in [6.45, 7) is 2.45. The number of rotatable bonds is 7. The summed E-state index contributed by atoms with van der Waals surface area (Å²) in [6, 6.07) is 6.73. The number of aryl methyl sites for hydroxylation is 1. The van der Waals surface area contributed by atoms with E-state index in [9.17, 15) is 28.7 Å². The topological polar surface area (TPSA) is 160 Å². The van der Waals surface area contributed by atoms with Gasteiger partial charge < -0.3 is 15.3 Å². The number of aromatic nitrogens is 5. The Morgan fingerprint density at radius 2 is 1.85 bits per heavy atom. The first-order chi connectivity index (χ1) is 19.5. The molecule has 4 heterocycles. The lowest BCUT2D eigenvalue weighted by Crippen LogP contribution is -2.44. The van der Waals surface area contributed by atoms with E-state index in [4.69, 9.17) is 0 Å². The molecule has 4 aromatic rings. The van der Waals surface area contributed by atoms with Crippen molar-refractivity contribution in [1.82, 2.24) is 29.6 Å². The molecule has 1 fully saturated rings. The standard InChI is InChI=1S/C27H23BrFN7O5/c1-13(37)24-19-7-15(16-9-30-14(2)31-10-16)3-5-20(19)36(34-24)12-23(38)35-11-17(29)8-21(35)26(39)33-25-18(27(40)41)4-6-22(28)32-25/h3-7,9-10,17,21H,8,11-12H2,1-2H3,(H,40,41)(H,32,33,39)/t17-,21-/m1/s1. The van der Waals surface area contributed by atoms with Gasteiger partial charge in [-0.05, 0) is 52.7 Å². The highest BCUT2D eigenvalue weighted by atomic mass is 79.9. The first-order valence-electron chi connectivity index (χ1n) is 12.5. The van der Waals surface area contributed by atoms with Crippen LogP contribution in [0.5, 0.6) is 0 Å². The number of halogens is 2. The third kappa shape index (κ3) is 5.68. The Kier molecular flexibility index (Phi) is 7.58. The molecule has 0 spiro atoms. The molecule has 14 heteroatoms. The van der Waals surface area contributed by atoms with Crippen LogP contribution in [0.1, 0.15) is 40.0 Å². The lowest BCUT2D eigenvalue weighted by atomic mass is 10.0. The number of fused-ring (bicyclic) bond motifs is 1. The van der Waals surface area contributed by atoms with E-state index >= 15 is 0 Å². The van der Waals surface area contributed by atoms with E-state index in [-0.39, 0.29) is 47.0 Å². The minimum atomic E-state index is -1.47. The predicted molar refractivity (Wildman–Crippen MR) is 148 cm³/mol. The maximum Gasteiger partial charge on any atom is 0.339 e. The number of carboxylic acid groups (broad SMARTS) is 1. The van der Waals surface area contributed by atoms with Crippen LogP contribution >= 0.6 is 15.9 Å². The molecule has 0 saturated carbocycles. The monoisotopic (exact) mass is 623 g/mol. The number of alkyl halides is 1. The molecule has 2 atom stereocenters. The van der Waals surface area contributed by atoms with Crippen LogP contribution in [0, 0.1) is 6.92 Å². The second-order valence-corrected chi connectivity index (χ2v) is 10.3. The number of ketones is 1. The van der Waals surface area contributed by atoms with Crippen LogP contribution in [-0.4, -0.2) is 77.1 Å². The third-order valence-corrected chi connectivity index (χ3v) is 7.13. The average molecular weight is 624 g/mol. The number of carbonyl (C=O) groups is 4. The molecule has 1 aliphatic heterocycles. The Labute approximate surface area is 240 Å². The smallest absolute Gasteiger partial charge is 0.339 e. The lowest BCUT2D eigenvalue weighted by molar-refractivity contribution is -0.137. The van der Waals surface area contributed by atoms with Crippen molar-refractivity contribution in [2.75, 3.05) is 11.9 Å². The van der Waals surface area contributed by atoms with Crippen molar-refractivity contribution in [3.8, 4) is 11.1 Å². The van der Waals surface area contributed by atoms with Gasteiger partial charge >= 0.3 is 5.97 Å². The molecule has 1 aliphatic rings. The number of likely N-dealkylation sites (tertiary alicyclic amines) is 1. The zero-order valence-corrected chi connectivity index (χ0v) is 23.4. The summed E-state index contributed by atoms with van der Waals surface area (Å²) in [7, 11) is 0. The summed E-state index contributed by atoms with van der Waals surface area (Å²) >= 11 is 3.13. The molecule has 0 unspecified atom stereocenters. The van der Waals surface area contributed by atoms with Crippen molar-refractivity contribution in [1.29, 1.82) is 0 Å². The van der Waals surface area contributed by atoms with Gasteiger partial charge in [-0.15, -0.1) is 0 Å². The van der Waals surface area contributed by atoms with Gasteiger partial charge in [0.15, 0.2) is 5.78 Å². The van der Waals surface area contributed by atoms with Crippen molar-refractivity contribution in [3.05, 3.63) is 64.4 Å². The van der Waals surface area contributed by atoms with Gasteiger partial charge in [0.2, 0.25) is 11.8 Å². The van der Waals surface area contributed by atoms with Crippen molar-refractivity contribution in [2.45, 2.75) is 39.0 Å². The third-order valence-electron chi connectivity index (χ3n) is 6.69. The van der Waals surface area contributed by atoms with Gasteiger partial charge in [-0.2, -0.15) is 5.10 Å². The van der Waals surface area contributed by atoms with E-state index in [0.717, 1.165) is 16.0 Å². The van der Waals surface area contributed by atoms with Crippen LogP contribution in [0.25, 0.3) is 22.0 Å². The molecule has 5 rings (SSSR count). The number of carboxylic acids is 1. The van der Waals surface area contributed by atoms with Crippen molar-refractivity contribution < 1.29 is 28.7 Å². The Balaban J connectivity index is 1.41. The predicted octanol–water partition coefficient (Wildman–Crippen LogP) is 3.44. The number of pyridine rings is 1. The van der Waals surface area contributed by atoms with Gasteiger partial charge in [-0.25, -0.2) is 24.1 Å². The Morgan fingerprint density at radius 1 is 1.12 bits per heavy atom. The zero-order valence-electron chi connectivity index (χ0n) is 21.8. The van der Waals surface area contributed by atoms with Gasteiger partial charge in [0, 0.05) is 36.7 Å². The molecule has 1 saturated heterocycles. The minimum Gasteiger partial charge on any atom is -0.478 e. The fourth-order valence-electron chi connectivity index (χ4n) is 4.71. The van der Waals surface area contributed by atoms with Crippen molar-refractivity contribution in [3.63, 3.8) is 0 Å². The van der Waals surface area contributed by atoms with Crippen LogP contribution in [0.2, 0.25) is 0 Å². The molecule has 2 N–H and O–H groups in total. The number of hydrogen-bond acceptors (Lipinski definition) is 8. The Morgan fingerprint density at radius 3 is 2.54 bits per heavy atom. The molecule has 0 aliphatic carbocycles. The number of amides is 2. The fraction of sp³-hybridized carbons (Fsp3) is 0.259. The van der Waals surface area contributed by atoms with E-state index < -0.39 is 30.0 Å². The average Bonchev–Trinajstić information content (AvgIpc) is 3.49. The molecule has 0 radical (unpaired) electrons. The van der Waals surface area contributed by atoms with Crippen LogP contribution in [0.3, 0.4) is 0 Å². The molecule has 12 nitrogen and oxygen atoms in total. The second kappa shape index (κ2) is 11.1. The highest BCUT2D eigenvalue weighted by molar-refractivity contribution is 9.10. The number of hydrogen-bond donors (Lipinski definition) is 2. The highest BCUT2D eigenvalue weighted by Gasteiger charge is 2.40. The molecule has 2 amide bonds. The Bertz CT molecular complexity index is 1710. The largest absolute Gasteiger partial charge is 0.478 e. The van der Waals surface area contributed by atoms with Gasteiger partial charge in [0.1, 0.15) is 46.3 Å². The number of benzene rings is 1. The number of aromatic carboxylic acids is 1. The van der Waals surface area contributed by atoms with Gasteiger partial charge in [-0.1, -0.05) is 6.07 Å². The van der Waals surface area contributed by atoms with E-state index in [2.05, 4.69) is 41.3 Å². The van der Waals surface area contributed by atoms with Gasteiger partial charge in [0.05, 0.1) is 12.1 Å². The van der Waals surface area contributed by atoms with Gasteiger partial charge in [-0.3, -0.25) is 19.1 Å². The van der Waals surface area contributed by atoms with E-state index in [1.54, 1.807) is 37.5 Å².